The number of rotatable bonds is 6. The first kappa shape index (κ1) is 19.8. The summed E-state index contributed by atoms with van der Waals surface area (Å²) in [5.74, 6) is 0.0149. The predicted molar refractivity (Wildman–Crippen MR) is 114 cm³/mol. The molecule has 0 aliphatic heterocycles. The maximum Gasteiger partial charge on any atom is 0.253 e. The first-order valence-electron chi connectivity index (χ1n) is 9.43. The molecule has 0 radical (unpaired) electrons. The monoisotopic (exact) mass is 373 g/mol. The van der Waals surface area contributed by atoms with E-state index < -0.39 is 0 Å². The van der Waals surface area contributed by atoms with Crippen LogP contribution in [-0.2, 0) is 13.1 Å². The van der Waals surface area contributed by atoms with Crippen molar-refractivity contribution in [3.8, 4) is 11.3 Å². The molecule has 0 saturated carbocycles. The number of nitrogens with zero attached hydrogens (tertiary/aromatic N) is 3. The van der Waals surface area contributed by atoms with E-state index >= 15 is 0 Å². The molecule has 3 rings (SSSR count). The van der Waals surface area contributed by atoms with Gasteiger partial charge in [0.15, 0.2) is 0 Å². The second kappa shape index (κ2) is 8.81. The van der Waals surface area contributed by atoms with E-state index in [1.807, 2.05) is 50.4 Å². The number of benzene rings is 2. The lowest BCUT2D eigenvalue weighted by molar-refractivity contribution is 0.0785. The smallest absolute Gasteiger partial charge is 0.253 e. The van der Waals surface area contributed by atoms with E-state index in [2.05, 4.69) is 48.2 Å². The molecular formula is C24H27N3O. The Labute approximate surface area is 167 Å². The van der Waals surface area contributed by atoms with Gasteiger partial charge >= 0.3 is 0 Å². The summed E-state index contributed by atoms with van der Waals surface area (Å²) in [4.78, 5) is 21.1. The van der Waals surface area contributed by atoms with Crippen LogP contribution in [0.2, 0.25) is 0 Å². The number of carbonyl (C=O) groups is 1. The molecule has 0 aliphatic rings. The SMILES string of the molecule is Cc1ccnc(-c2ccc(C(=O)N(C)Cc3ccc(CN(C)C)cc3)cc2)c1. The average Bonchev–Trinajstić information content (AvgIpc) is 2.68. The van der Waals surface area contributed by atoms with E-state index in [1.54, 1.807) is 11.1 Å². The van der Waals surface area contributed by atoms with Crippen molar-refractivity contribution in [1.82, 2.24) is 14.8 Å². The summed E-state index contributed by atoms with van der Waals surface area (Å²) in [6.45, 7) is 3.55. The highest BCUT2D eigenvalue weighted by molar-refractivity contribution is 5.94. The van der Waals surface area contributed by atoms with Crippen molar-refractivity contribution in [2.45, 2.75) is 20.0 Å². The van der Waals surface area contributed by atoms with Crippen LogP contribution in [0.25, 0.3) is 11.3 Å². The lowest BCUT2D eigenvalue weighted by atomic mass is 10.1. The fourth-order valence-corrected chi connectivity index (χ4v) is 3.16. The molecule has 4 heteroatoms. The zero-order chi connectivity index (χ0) is 20.1. The van der Waals surface area contributed by atoms with Crippen LogP contribution in [-0.4, -0.2) is 41.8 Å². The standard InChI is InChI=1S/C24H27N3O/c1-18-13-14-25-23(15-18)21-9-11-22(12-10-21)24(28)27(4)17-20-7-5-19(6-8-20)16-26(2)3/h5-15H,16-17H2,1-4H3. The van der Waals surface area contributed by atoms with Crippen LogP contribution in [0.15, 0.2) is 66.9 Å². The highest BCUT2D eigenvalue weighted by Crippen LogP contribution is 2.19. The van der Waals surface area contributed by atoms with Crippen molar-refractivity contribution in [3.63, 3.8) is 0 Å². The Morgan fingerprint density at radius 1 is 0.857 bits per heavy atom. The molecular weight excluding hydrogens is 346 g/mol. The summed E-state index contributed by atoms with van der Waals surface area (Å²) in [6, 6.07) is 20.1. The lowest BCUT2D eigenvalue weighted by Gasteiger charge is -2.18. The van der Waals surface area contributed by atoms with Crippen molar-refractivity contribution in [2.75, 3.05) is 21.1 Å². The number of aryl methyl sites for hydroxylation is 1. The van der Waals surface area contributed by atoms with Gasteiger partial charge in [-0.25, -0.2) is 0 Å². The Kier molecular flexibility index (Phi) is 6.22. The van der Waals surface area contributed by atoms with Gasteiger partial charge in [-0.1, -0.05) is 36.4 Å². The quantitative estimate of drug-likeness (QED) is 0.643. The van der Waals surface area contributed by atoms with Crippen molar-refractivity contribution < 1.29 is 4.79 Å². The molecule has 0 N–H and O–H groups in total. The van der Waals surface area contributed by atoms with Gasteiger partial charge < -0.3 is 9.80 Å². The van der Waals surface area contributed by atoms with Gasteiger partial charge in [0.25, 0.3) is 5.91 Å². The number of pyridine rings is 1. The summed E-state index contributed by atoms with van der Waals surface area (Å²) in [5.41, 5.74) is 6.18. The maximum absolute atomic E-state index is 12.8. The molecule has 144 valence electrons. The van der Waals surface area contributed by atoms with Crippen LogP contribution in [0.5, 0.6) is 0 Å². The molecule has 2 aromatic carbocycles. The summed E-state index contributed by atoms with van der Waals surface area (Å²) in [5, 5.41) is 0. The first-order valence-corrected chi connectivity index (χ1v) is 9.43. The van der Waals surface area contributed by atoms with Gasteiger partial charge in [0.1, 0.15) is 0 Å². The van der Waals surface area contributed by atoms with Crippen LogP contribution in [0, 0.1) is 6.92 Å². The number of aromatic nitrogens is 1. The van der Waals surface area contributed by atoms with Crippen LogP contribution in [0.1, 0.15) is 27.0 Å². The number of carbonyl (C=O) groups excluding carboxylic acids is 1. The zero-order valence-electron chi connectivity index (χ0n) is 17.0. The molecule has 3 aromatic rings. The number of hydrogen-bond donors (Lipinski definition) is 0. The third kappa shape index (κ3) is 5.05. The van der Waals surface area contributed by atoms with E-state index in [1.165, 1.54) is 11.1 Å². The second-order valence-electron chi connectivity index (χ2n) is 7.51. The van der Waals surface area contributed by atoms with E-state index in [0.717, 1.165) is 23.4 Å². The van der Waals surface area contributed by atoms with Gasteiger partial charge in [-0.2, -0.15) is 0 Å². The van der Waals surface area contributed by atoms with E-state index in [0.29, 0.717) is 12.1 Å². The summed E-state index contributed by atoms with van der Waals surface area (Å²) >= 11 is 0. The topological polar surface area (TPSA) is 36.4 Å². The Morgan fingerprint density at radius 2 is 1.46 bits per heavy atom. The molecule has 4 nitrogen and oxygen atoms in total. The van der Waals surface area contributed by atoms with Gasteiger partial charge in [0, 0.05) is 37.5 Å². The predicted octanol–water partition coefficient (Wildman–Crippen LogP) is 4.39. The van der Waals surface area contributed by atoms with Gasteiger partial charge in [0.05, 0.1) is 5.69 Å². The second-order valence-corrected chi connectivity index (χ2v) is 7.51. The van der Waals surface area contributed by atoms with Gasteiger partial charge in [-0.3, -0.25) is 9.78 Å². The minimum atomic E-state index is 0.0149. The summed E-state index contributed by atoms with van der Waals surface area (Å²) in [6.07, 6.45) is 1.81. The Bertz CT molecular complexity index is 931. The van der Waals surface area contributed by atoms with E-state index in [9.17, 15) is 4.79 Å². The normalized spacial score (nSPS) is 10.9. The summed E-state index contributed by atoms with van der Waals surface area (Å²) in [7, 11) is 5.95. The number of amides is 1. The molecule has 0 aliphatic carbocycles. The Morgan fingerprint density at radius 3 is 2.04 bits per heavy atom. The minimum absolute atomic E-state index is 0.0149. The fraction of sp³-hybridized carbons (Fsp3) is 0.250. The fourth-order valence-electron chi connectivity index (χ4n) is 3.16. The van der Waals surface area contributed by atoms with Crippen LogP contribution < -0.4 is 0 Å². The first-order chi connectivity index (χ1) is 13.4. The van der Waals surface area contributed by atoms with Crippen LogP contribution in [0.4, 0.5) is 0 Å². The Hall–Kier alpha value is -2.98. The number of hydrogen-bond acceptors (Lipinski definition) is 3. The van der Waals surface area contributed by atoms with E-state index in [-0.39, 0.29) is 5.91 Å². The Balaban J connectivity index is 1.66. The highest BCUT2D eigenvalue weighted by Gasteiger charge is 2.12. The molecule has 1 heterocycles. The van der Waals surface area contributed by atoms with Crippen molar-refractivity contribution >= 4 is 5.91 Å². The highest BCUT2D eigenvalue weighted by atomic mass is 16.2. The zero-order valence-corrected chi connectivity index (χ0v) is 17.0. The van der Waals surface area contributed by atoms with E-state index in [4.69, 9.17) is 0 Å². The van der Waals surface area contributed by atoms with Crippen molar-refractivity contribution in [3.05, 3.63) is 89.1 Å². The van der Waals surface area contributed by atoms with Crippen molar-refractivity contribution in [2.24, 2.45) is 0 Å². The molecule has 0 fully saturated rings. The van der Waals surface area contributed by atoms with Crippen molar-refractivity contribution in [1.29, 1.82) is 0 Å². The summed E-state index contributed by atoms with van der Waals surface area (Å²) < 4.78 is 0. The lowest BCUT2D eigenvalue weighted by Crippen LogP contribution is -2.26. The maximum atomic E-state index is 12.8. The third-order valence-corrected chi connectivity index (χ3v) is 4.63. The molecule has 0 bridgehead atoms. The average molecular weight is 374 g/mol. The van der Waals surface area contributed by atoms with Gasteiger partial charge in [-0.05, 0) is 62.0 Å². The molecule has 0 saturated heterocycles. The molecule has 0 spiro atoms. The van der Waals surface area contributed by atoms with Gasteiger partial charge in [-0.15, -0.1) is 0 Å². The molecule has 1 amide bonds. The molecule has 28 heavy (non-hydrogen) atoms. The van der Waals surface area contributed by atoms with Gasteiger partial charge in [0.2, 0.25) is 0 Å². The molecule has 0 unspecified atom stereocenters. The minimum Gasteiger partial charge on any atom is -0.337 e. The molecule has 1 aromatic heterocycles. The third-order valence-electron chi connectivity index (χ3n) is 4.63. The largest absolute Gasteiger partial charge is 0.337 e. The van der Waals surface area contributed by atoms with Crippen LogP contribution in [0.3, 0.4) is 0 Å². The van der Waals surface area contributed by atoms with Crippen LogP contribution >= 0.6 is 0 Å². The molecule has 0 atom stereocenters.